The number of amides is 1. The number of thioether (sulfide) groups is 1. The van der Waals surface area contributed by atoms with Crippen molar-refractivity contribution in [1.29, 1.82) is 0 Å². The van der Waals surface area contributed by atoms with Crippen LogP contribution in [0, 0.1) is 5.82 Å². The summed E-state index contributed by atoms with van der Waals surface area (Å²) in [5, 5.41) is 8.99. The molecule has 0 atom stereocenters. The van der Waals surface area contributed by atoms with Crippen LogP contribution >= 0.6 is 11.8 Å². The van der Waals surface area contributed by atoms with Gasteiger partial charge in [-0.25, -0.2) is 4.39 Å². The molecular weight excluding hydrogens is 319 g/mol. The maximum atomic E-state index is 13.7. The first kappa shape index (κ1) is 17.3. The second-order valence-corrected chi connectivity index (χ2v) is 5.81. The number of primary amides is 1. The van der Waals surface area contributed by atoms with Gasteiger partial charge in [-0.05, 0) is 24.6 Å². The van der Waals surface area contributed by atoms with E-state index < -0.39 is 0 Å². The lowest BCUT2D eigenvalue weighted by Gasteiger charge is -2.07. The molecule has 0 unspecified atom stereocenters. The summed E-state index contributed by atoms with van der Waals surface area (Å²) in [6, 6.07) is 4.87. The summed E-state index contributed by atoms with van der Waals surface area (Å²) in [5.74, 6) is 0.775. The highest BCUT2D eigenvalue weighted by atomic mass is 32.2. The molecule has 0 aliphatic heterocycles. The smallest absolute Gasteiger partial charge is 0.217 e. The minimum atomic E-state index is -0.385. The van der Waals surface area contributed by atoms with Crippen molar-refractivity contribution in [3.8, 4) is 5.75 Å². The molecule has 0 radical (unpaired) electrons. The number of aryl methyl sites for hydroxylation is 1. The first-order chi connectivity index (χ1) is 11.0. The second kappa shape index (κ2) is 7.96. The molecule has 0 saturated heterocycles. The second-order valence-electron chi connectivity index (χ2n) is 4.87. The van der Waals surface area contributed by atoms with Crippen molar-refractivity contribution in [3.05, 3.63) is 35.4 Å². The van der Waals surface area contributed by atoms with Gasteiger partial charge in [0, 0.05) is 25.1 Å². The molecule has 1 heterocycles. The molecule has 1 aromatic heterocycles. The summed E-state index contributed by atoms with van der Waals surface area (Å²) >= 11 is 1.47. The fourth-order valence-corrected chi connectivity index (χ4v) is 3.08. The summed E-state index contributed by atoms with van der Waals surface area (Å²) < 4.78 is 20.5. The molecule has 1 amide bonds. The van der Waals surface area contributed by atoms with Crippen LogP contribution in [0.2, 0.25) is 0 Å². The molecular formula is C15H19FN4O2S. The van der Waals surface area contributed by atoms with Crippen LogP contribution in [0.1, 0.15) is 24.7 Å². The third-order valence-electron chi connectivity index (χ3n) is 3.29. The van der Waals surface area contributed by atoms with Gasteiger partial charge in [0.2, 0.25) is 5.91 Å². The van der Waals surface area contributed by atoms with Crippen molar-refractivity contribution >= 4 is 17.7 Å². The normalized spacial score (nSPS) is 10.7. The van der Waals surface area contributed by atoms with Gasteiger partial charge in [0.1, 0.15) is 5.82 Å². The van der Waals surface area contributed by atoms with Crippen LogP contribution in [-0.4, -0.2) is 27.8 Å². The van der Waals surface area contributed by atoms with Crippen LogP contribution in [-0.2, 0) is 23.5 Å². The van der Waals surface area contributed by atoms with E-state index in [-0.39, 0.29) is 23.9 Å². The number of rotatable bonds is 8. The van der Waals surface area contributed by atoms with Gasteiger partial charge in [-0.1, -0.05) is 17.8 Å². The SMILES string of the molecule is CCn1c(CCC(N)=O)nnc1SCc1ccc(OC)c(F)c1. The third kappa shape index (κ3) is 4.44. The first-order valence-electron chi connectivity index (χ1n) is 7.20. The van der Waals surface area contributed by atoms with E-state index in [1.807, 2.05) is 17.6 Å². The Kier molecular flexibility index (Phi) is 5.97. The Hall–Kier alpha value is -2.09. The van der Waals surface area contributed by atoms with Crippen LogP contribution in [0.3, 0.4) is 0 Å². The highest BCUT2D eigenvalue weighted by Gasteiger charge is 2.13. The molecule has 23 heavy (non-hydrogen) atoms. The summed E-state index contributed by atoms with van der Waals surface area (Å²) in [5.41, 5.74) is 5.99. The number of ether oxygens (including phenoxy) is 1. The molecule has 0 aliphatic rings. The van der Waals surface area contributed by atoms with Crippen LogP contribution in [0.5, 0.6) is 5.75 Å². The molecule has 6 nitrogen and oxygen atoms in total. The van der Waals surface area contributed by atoms with Crippen molar-refractivity contribution in [2.45, 2.75) is 37.2 Å². The molecule has 0 spiro atoms. The number of carbonyl (C=O) groups excluding carboxylic acids is 1. The molecule has 2 N–H and O–H groups in total. The average Bonchev–Trinajstić information content (AvgIpc) is 2.93. The van der Waals surface area contributed by atoms with Crippen molar-refractivity contribution in [2.24, 2.45) is 5.73 Å². The molecule has 2 aromatic rings. The van der Waals surface area contributed by atoms with Gasteiger partial charge in [-0.3, -0.25) is 4.79 Å². The predicted molar refractivity (Wildman–Crippen MR) is 85.7 cm³/mol. The number of nitrogens with zero attached hydrogens (tertiary/aromatic N) is 3. The van der Waals surface area contributed by atoms with Gasteiger partial charge >= 0.3 is 0 Å². The molecule has 0 fully saturated rings. The quantitative estimate of drug-likeness (QED) is 0.746. The van der Waals surface area contributed by atoms with E-state index in [1.165, 1.54) is 24.9 Å². The lowest BCUT2D eigenvalue weighted by Crippen LogP contribution is -2.13. The fraction of sp³-hybridized carbons (Fsp3) is 0.400. The fourth-order valence-electron chi connectivity index (χ4n) is 2.11. The molecule has 0 bridgehead atoms. The number of benzene rings is 1. The van der Waals surface area contributed by atoms with Gasteiger partial charge in [0.15, 0.2) is 16.7 Å². The Morgan fingerprint density at radius 1 is 1.43 bits per heavy atom. The number of aromatic nitrogens is 3. The average molecular weight is 338 g/mol. The molecule has 1 aromatic carbocycles. The molecule has 0 saturated carbocycles. The highest BCUT2D eigenvalue weighted by molar-refractivity contribution is 7.98. The third-order valence-corrected chi connectivity index (χ3v) is 4.33. The first-order valence-corrected chi connectivity index (χ1v) is 8.19. The number of hydrogen-bond donors (Lipinski definition) is 1. The molecule has 124 valence electrons. The lowest BCUT2D eigenvalue weighted by atomic mass is 10.2. The Labute approximate surface area is 138 Å². The Morgan fingerprint density at radius 3 is 2.83 bits per heavy atom. The maximum absolute atomic E-state index is 13.7. The molecule has 8 heteroatoms. The number of hydrogen-bond acceptors (Lipinski definition) is 5. The summed E-state index contributed by atoms with van der Waals surface area (Å²) in [6.07, 6.45) is 0.709. The minimum Gasteiger partial charge on any atom is -0.494 e. The zero-order valence-electron chi connectivity index (χ0n) is 13.1. The minimum absolute atomic E-state index is 0.226. The Morgan fingerprint density at radius 2 is 2.22 bits per heavy atom. The molecule has 2 rings (SSSR count). The number of methoxy groups -OCH3 is 1. The van der Waals surface area contributed by atoms with Crippen LogP contribution in [0.15, 0.2) is 23.4 Å². The number of nitrogens with two attached hydrogens (primary N) is 1. The maximum Gasteiger partial charge on any atom is 0.217 e. The summed E-state index contributed by atoms with van der Waals surface area (Å²) in [7, 11) is 1.43. The topological polar surface area (TPSA) is 83.0 Å². The van der Waals surface area contributed by atoms with E-state index in [9.17, 15) is 9.18 Å². The van der Waals surface area contributed by atoms with E-state index >= 15 is 0 Å². The van der Waals surface area contributed by atoms with E-state index in [0.717, 1.165) is 16.5 Å². The van der Waals surface area contributed by atoms with Crippen LogP contribution in [0.25, 0.3) is 0 Å². The number of halogens is 1. The lowest BCUT2D eigenvalue weighted by molar-refractivity contribution is -0.118. The highest BCUT2D eigenvalue weighted by Crippen LogP contribution is 2.25. The van der Waals surface area contributed by atoms with Crippen molar-refractivity contribution in [1.82, 2.24) is 14.8 Å². The zero-order valence-corrected chi connectivity index (χ0v) is 13.9. The summed E-state index contributed by atoms with van der Waals surface area (Å²) in [4.78, 5) is 10.9. The molecule has 0 aliphatic carbocycles. The van der Waals surface area contributed by atoms with E-state index in [0.29, 0.717) is 18.7 Å². The Bertz CT molecular complexity index is 690. The van der Waals surface area contributed by atoms with Gasteiger partial charge in [-0.2, -0.15) is 0 Å². The van der Waals surface area contributed by atoms with E-state index in [4.69, 9.17) is 10.5 Å². The monoisotopic (exact) mass is 338 g/mol. The standard InChI is InChI=1S/C15H19FN4O2S/c1-3-20-14(7-6-13(17)21)18-19-15(20)23-9-10-4-5-12(22-2)11(16)8-10/h4-5,8H,3,6-7,9H2,1-2H3,(H2,17,21). The van der Waals surface area contributed by atoms with Crippen LogP contribution < -0.4 is 10.5 Å². The van der Waals surface area contributed by atoms with E-state index in [1.54, 1.807) is 6.07 Å². The van der Waals surface area contributed by atoms with Gasteiger partial charge in [0.05, 0.1) is 7.11 Å². The van der Waals surface area contributed by atoms with Gasteiger partial charge in [-0.15, -0.1) is 10.2 Å². The largest absolute Gasteiger partial charge is 0.494 e. The van der Waals surface area contributed by atoms with Crippen molar-refractivity contribution < 1.29 is 13.9 Å². The van der Waals surface area contributed by atoms with Crippen LogP contribution in [0.4, 0.5) is 4.39 Å². The summed E-state index contributed by atoms with van der Waals surface area (Å²) in [6.45, 7) is 2.68. The van der Waals surface area contributed by atoms with E-state index in [2.05, 4.69) is 10.2 Å². The van der Waals surface area contributed by atoms with Crippen molar-refractivity contribution in [3.63, 3.8) is 0 Å². The predicted octanol–water partition coefficient (Wildman–Crippen LogP) is 2.16. The Balaban J connectivity index is 2.05. The number of carbonyl (C=O) groups is 1. The van der Waals surface area contributed by atoms with Crippen molar-refractivity contribution in [2.75, 3.05) is 7.11 Å². The van der Waals surface area contributed by atoms with Gasteiger partial charge < -0.3 is 15.0 Å². The van der Waals surface area contributed by atoms with Gasteiger partial charge in [0.25, 0.3) is 0 Å². The zero-order chi connectivity index (χ0) is 16.8.